The molecule has 6 heteroatoms. The highest BCUT2D eigenvalue weighted by molar-refractivity contribution is 6.07. The van der Waals surface area contributed by atoms with Crippen LogP contribution in [0.25, 0.3) is 0 Å². The second kappa shape index (κ2) is 5.51. The molecule has 0 aromatic heterocycles. The minimum atomic E-state index is -1.03. The normalized spacial score (nSPS) is 24.4. The first-order valence-corrected chi connectivity index (χ1v) is 7.58. The van der Waals surface area contributed by atoms with Crippen molar-refractivity contribution in [1.82, 2.24) is 10.2 Å². The Morgan fingerprint density at radius 3 is 2.52 bits per heavy atom. The fourth-order valence-electron chi connectivity index (χ4n) is 2.83. The minimum absolute atomic E-state index is 0.249. The third kappa shape index (κ3) is 2.70. The van der Waals surface area contributed by atoms with Gasteiger partial charge in [-0.25, -0.2) is 4.79 Å². The molecule has 2 heterocycles. The second-order valence-electron chi connectivity index (χ2n) is 6.01. The Hall–Kier alpha value is -2.68. The van der Waals surface area contributed by atoms with E-state index in [-0.39, 0.29) is 18.5 Å². The van der Waals surface area contributed by atoms with Gasteiger partial charge < -0.3 is 5.32 Å². The summed E-state index contributed by atoms with van der Waals surface area (Å²) in [4.78, 5) is 26.2. The van der Waals surface area contributed by atoms with Gasteiger partial charge in [-0.1, -0.05) is 30.3 Å². The SMILES string of the molecule is C#CCCC1(CCN2C(=O)NC(C)(c3ccccc3)C2=O)N=N1. The first-order chi connectivity index (χ1) is 11.0. The van der Waals surface area contributed by atoms with Crippen molar-refractivity contribution in [1.29, 1.82) is 0 Å². The van der Waals surface area contributed by atoms with Gasteiger partial charge in [0.2, 0.25) is 0 Å². The van der Waals surface area contributed by atoms with E-state index in [1.807, 2.05) is 30.3 Å². The maximum Gasteiger partial charge on any atom is 0.325 e. The lowest BCUT2D eigenvalue weighted by Crippen LogP contribution is -2.41. The van der Waals surface area contributed by atoms with Crippen molar-refractivity contribution in [2.24, 2.45) is 10.2 Å². The number of hydrogen-bond donors (Lipinski definition) is 1. The van der Waals surface area contributed by atoms with Crippen molar-refractivity contribution in [2.75, 3.05) is 6.54 Å². The number of amides is 3. The fraction of sp³-hybridized carbons (Fsp3) is 0.412. The monoisotopic (exact) mass is 310 g/mol. The number of terminal acetylenes is 1. The zero-order valence-corrected chi connectivity index (χ0v) is 13.0. The summed E-state index contributed by atoms with van der Waals surface area (Å²) < 4.78 is 0. The van der Waals surface area contributed by atoms with Crippen molar-refractivity contribution in [3.05, 3.63) is 35.9 Å². The maximum atomic E-state index is 12.7. The van der Waals surface area contributed by atoms with Crippen LogP contribution in [0.4, 0.5) is 4.79 Å². The van der Waals surface area contributed by atoms with E-state index in [2.05, 4.69) is 21.5 Å². The lowest BCUT2D eigenvalue weighted by atomic mass is 9.92. The molecule has 1 saturated heterocycles. The number of urea groups is 1. The topological polar surface area (TPSA) is 74.1 Å². The number of benzene rings is 1. The molecule has 0 aliphatic carbocycles. The Bertz CT molecular complexity index is 701. The van der Waals surface area contributed by atoms with E-state index in [4.69, 9.17) is 6.42 Å². The van der Waals surface area contributed by atoms with Crippen molar-refractivity contribution >= 4 is 11.9 Å². The number of nitrogens with zero attached hydrogens (tertiary/aromatic N) is 3. The summed E-state index contributed by atoms with van der Waals surface area (Å²) in [5.41, 5.74) is -0.760. The lowest BCUT2D eigenvalue weighted by molar-refractivity contribution is -0.131. The third-order valence-electron chi connectivity index (χ3n) is 4.41. The van der Waals surface area contributed by atoms with E-state index >= 15 is 0 Å². The summed E-state index contributed by atoms with van der Waals surface area (Å²) in [5, 5.41) is 10.9. The molecule has 1 aromatic carbocycles. The Labute approximate surface area is 135 Å². The van der Waals surface area contributed by atoms with Crippen LogP contribution in [0, 0.1) is 12.3 Å². The van der Waals surface area contributed by atoms with Gasteiger partial charge in [0, 0.05) is 25.8 Å². The van der Waals surface area contributed by atoms with Crippen LogP contribution in [0.5, 0.6) is 0 Å². The van der Waals surface area contributed by atoms with Gasteiger partial charge in [0.15, 0.2) is 5.66 Å². The summed E-state index contributed by atoms with van der Waals surface area (Å²) in [6, 6.07) is 8.86. The van der Waals surface area contributed by atoms with Gasteiger partial charge in [-0.15, -0.1) is 12.3 Å². The smallest absolute Gasteiger partial charge is 0.319 e. The Morgan fingerprint density at radius 2 is 1.91 bits per heavy atom. The molecule has 0 spiro atoms. The molecule has 23 heavy (non-hydrogen) atoms. The molecule has 118 valence electrons. The predicted molar refractivity (Wildman–Crippen MR) is 84.3 cm³/mol. The molecule has 2 aliphatic rings. The van der Waals surface area contributed by atoms with Crippen LogP contribution in [0.2, 0.25) is 0 Å². The quantitative estimate of drug-likeness (QED) is 0.647. The highest BCUT2D eigenvalue weighted by Crippen LogP contribution is 2.37. The summed E-state index contributed by atoms with van der Waals surface area (Å²) in [7, 11) is 0. The zero-order valence-electron chi connectivity index (χ0n) is 13.0. The first-order valence-electron chi connectivity index (χ1n) is 7.58. The van der Waals surface area contributed by atoms with E-state index in [1.54, 1.807) is 6.92 Å². The van der Waals surface area contributed by atoms with Crippen molar-refractivity contribution < 1.29 is 9.59 Å². The molecule has 1 aromatic rings. The lowest BCUT2D eigenvalue weighted by Gasteiger charge is -2.22. The molecular weight excluding hydrogens is 292 g/mol. The van der Waals surface area contributed by atoms with E-state index < -0.39 is 11.2 Å². The molecule has 0 radical (unpaired) electrons. The number of rotatable bonds is 6. The Kier molecular flexibility index (Phi) is 3.64. The molecule has 3 rings (SSSR count). The first kappa shape index (κ1) is 15.2. The van der Waals surface area contributed by atoms with Gasteiger partial charge in [0.25, 0.3) is 5.91 Å². The summed E-state index contributed by atoms with van der Waals surface area (Å²) in [6.07, 6.45) is 7.01. The second-order valence-corrected chi connectivity index (χ2v) is 6.01. The molecule has 1 unspecified atom stereocenters. The molecule has 3 amide bonds. The van der Waals surface area contributed by atoms with E-state index in [0.29, 0.717) is 19.3 Å². The van der Waals surface area contributed by atoms with Crippen LogP contribution in [-0.4, -0.2) is 29.0 Å². The summed E-state index contributed by atoms with van der Waals surface area (Å²) in [6.45, 7) is 2.01. The van der Waals surface area contributed by atoms with Gasteiger partial charge in [-0.3, -0.25) is 9.69 Å². The molecule has 2 aliphatic heterocycles. The average Bonchev–Trinajstić information content (AvgIpc) is 3.29. The van der Waals surface area contributed by atoms with Gasteiger partial charge in [-0.05, 0) is 12.5 Å². The molecule has 1 fully saturated rings. The predicted octanol–water partition coefficient (Wildman–Crippen LogP) is 2.42. The molecule has 1 atom stereocenters. The van der Waals surface area contributed by atoms with Crippen LogP contribution in [0.3, 0.4) is 0 Å². The molecular formula is C17H18N4O2. The zero-order chi connectivity index (χ0) is 16.5. The van der Waals surface area contributed by atoms with Gasteiger partial charge in [0.05, 0.1) is 0 Å². The van der Waals surface area contributed by atoms with E-state index in [1.165, 1.54) is 4.90 Å². The van der Waals surface area contributed by atoms with Crippen LogP contribution >= 0.6 is 0 Å². The number of carbonyl (C=O) groups is 2. The van der Waals surface area contributed by atoms with Crippen LogP contribution in [0.1, 0.15) is 31.7 Å². The van der Waals surface area contributed by atoms with Crippen LogP contribution < -0.4 is 5.32 Å². The van der Waals surface area contributed by atoms with E-state index in [9.17, 15) is 9.59 Å². The number of nitrogens with one attached hydrogen (secondary N) is 1. The van der Waals surface area contributed by atoms with E-state index in [0.717, 1.165) is 5.56 Å². The van der Waals surface area contributed by atoms with Gasteiger partial charge in [-0.2, -0.15) is 10.2 Å². The summed E-state index contributed by atoms with van der Waals surface area (Å²) >= 11 is 0. The third-order valence-corrected chi connectivity index (χ3v) is 4.41. The van der Waals surface area contributed by atoms with Crippen molar-refractivity contribution in [2.45, 2.75) is 37.4 Å². The molecule has 0 saturated carbocycles. The average molecular weight is 310 g/mol. The Balaban J connectivity index is 1.69. The minimum Gasteiger partial charge on any atom is -0.319 e. The molecule has 6 nitrogen and oxygen atoms in total. The largest absolute Gasteiger partial charge is 0.325 e. The summed E-state index contributed by atoms with van der Waals surface area (Å²) in [5.74, 6) is 2.32. The molecule has 0 bridgehead atoms. The standard InChI is InChI=1S/C17H18N4O2/c1-3-4-10-17(19-20-17)11-12-21-14(22)16(2,18-15(21)23)13-8-6-5-7-9-13/h1,5-9H,4,10-12H2,2H3,(H,18,23). The number of carbonyl (C=O) groups excluding carboxylic acids is 2. The Morgan fingerprint density at radius 1 is 1.22 bits per heavy atom. The maximum absolute atomic E-state index is 12.7. The van der Waals surface area contributed by atoms with Crippen molar-refractivity contribution in [3.63, 3.8) is 0 Å². The molecule has 1 N–H and O–H groups in total. The van der Waals surface area contributed by atoms with Gasteiger partial charge in [0.1, 0.15) is 5.54 Å². The van der Waals surface area contributed by atoms with Gasteiger partial charge >= 0.3 is 6.03 Å². The van der Waals surface area contributed by atoms with Crippen LogP contribution in [0.15, 0.2) is 40.6 Å². The van der Waals surface area contributed by atoms with Crippen LogP contribution in [-0.2, 0) is 10.3 Å². The highest BCUT2D eigenvalue weighted by atomic mass is 16.2. The van der Waals surface area contributed by atoms with Crippen molar-refractivity contribution in [3.8, 4) is 12.3 Å². The fourth-order valence-corrected chi connectivity index (χ4v) is 2.83. The number of imide groups is 1. The number of hydrogen-bond acceptors (Lipinski definition) is 4. The highest BCUT2D eigenvalue weighted by Gasteiger charge is 2.50.